The Morgan fingerprint density at radius 1 is 0.930 bits per heavy atom. The van der Waals surface area contributed by atoms with E-state index in [1.54, 1.807) is 18.0 Å². The number of fused-ring (bicyclic) bond motifs is 1. The van der Waals surface area contributed by atoms with Gasteiger partial charge < -0.3 is 20.4 Å². The Balaban J connectivity index is 1.35. The second kappa shape index (κ2) is 13.2. The molecule has 1 aliphatic heterocycles. The van der Waals surface area contributed by atoms with E-state index in [4.69, 9.17) is 0 Å². The van der Waals surface area contributed by atoms with Gasteiger partial charge in [0.05, 0.1) is 4.92 Å². The summed E-state index contributed by atoms with van der Waals surface area (Å²) < 4.78 is 0. The third kappa shape index (κ3) is 6.98. The highest BCUT2D eigenvalue weighted by Crippen LogP contribution is 2.26. The SMILES string of the molecule is CN(Cc1ccccc1)C(=O)[C@@H](Cc1ccc2ccccc2c1)NC(=O)[C@@H]1CCCN1C(=O)Nc1ccccc1[N+](=O)[O-]. The van der Waals surface area contributed by atoms with Gasteiger partial charge in [0.1, 0.15) is 17.8 Å². The number of likely N-dealkylation sites (N-methyl/N-ethyl adjacent to an activating group) is 1. The number of benzene rings is 4. The zero-order valence-corrected chi connectivity index (χ0v) is 23.8. The number of hydrogen-bond acceptors (Lipinski definition) is 5. The molecule has 0 aromatic heterocycles. The molecule has 1 aliphatic rings. The summed E-state index contributed by atoms with van der Waals surface area (Å²) in [5.41, 5.74) is 1.67. The number of carbonyl (C=O) groups is 3. The lowest BCUT2D eigenvalue weighted by atomic mass is 10.00. The first-order chi connectivity index (χ1) is 20.8. The third-order valence-electron chi connectivity index (χ3n) is 7.67. The minimum absolute atomic E-state index is 0.0513. The molecule has 0 radical (unpaired) electrons. The third-order valence-corrected chi connectivity index (χ3v) is 7.67. The molecule has 43 heavy (non-hydrogen) atoms. The lowest BCUT2D eigenvalue weighted by Crippen LogP contribution is -2.54. The van der Waals surface area contributed by atoms with Crippen molar-refractivity contribution in [2.75, 3.05) is 18.9 Å². The van der Waals surface area contributed by atoms with Crippen LogP contribution in [0.2, 0.25) is 0 Å². The van der Waals surface area contributed by atoms with Crippen LogP contribution in [0, 0.1) is 10.1 Å². The summed E-state index contributed by atoms with van der Waals surface area (Å²) in [5.74, 6) is -0.693. The van der Waals surface area contributed by atoms with Crippen LogP contribution < -0.4 is 10.6 Å². The molecule has 0 unspecified atom stereocenters. The van der Waals surface area contributed by atoms with Crippen LogP contribution in [0.25, 0.3) is 10.8 Å². The summed E-state index contributed by atoms with van der Waals surface area (Å²) in [6.07, 6.45) is 1.26. The van der Waals surface area contributed by atoms with Crippen LogP contribution in [0.15, 0.2) is 97.1 Å². The van der Waals surface area contributed by atoms with Crippen molar-refractivity contribution in [3.8, 4) is 0 Å². The quantitative estimate of drug-likeness (QED) is 0.210. The normalized spacial score (nSPS) is 15.1. The number of para-hydroxylation sites is 2. The van der Waals surface area contributed by atoms with Crippen molar-refractivity contribution in [2.45, 2.75) is 37.9 Å². The van der Waals surface area contributed by atoms with Crippen LogP contribution in [-0.2, 0) is 22.6 Å². The monoisotopic (exact) mass is 579 g/mol. The maximum atomic E-state index is 13.8. The molecule has 1 fully saturated rings. The van der Waals surface area contributed by atoms with E-state index in [1.807, 2.05) is 72.8 Å². The van der Waals surface area contributed by atoms with Crippen molar-refractivity contribution in [1.82, 2.24) is 15.1 Å². The van der Waals surface area contributed by atoms with Gasteiger partial charge in [-0.2, -0.15) is 0 Å². The van der Waals surface area contributed by atoms with Gasteiger partial charge in [-0.1, -0.05) is 84.9 Å². The maximum Gasteiger partial charge on any atom is 0.322 e. The van der Waals surface area contributed by atoms with Crippen LogP contribution >= 0.6 is 0 Å². The Kier molecular flexibility index (Phi) is 8.95. The van der Waals surface area contributed by atoms with Crippen LogP contribution in [-0.4, -0.2) is 58.2 Å². The minimum atomic E-state index is -0.872. The molecular weight excluding hydrogens is 546 g/mol. The van der Waals surface area contributed by atoms with Crippen LogP contribution in [0.3, 0.4) is 0 Å². The Morgan fingerprint density at radius 2 is 1.63 bits per heavy atom. The first-order valence-electron chi connectivity index (χ1n) is 14.2. The molecule has 0 spiro atoms. The average Bonchev–Trinajstić information content (AvgIpc) is 3.52. The van der Waals surface area contributed by atoms with E-state index in [0.29, 0.717) is 25.9 Å². The summed E-state index contributed by atoms with van der Waals surface area (Å²) in [6, 6.07) is 27.0. The topological polar surface area (TPSA) is 125 Å². The summed E-state index contributed by atoms with van der Waals surface area (Å²) in [7, 11) is 1.71. The number of rotatable bonds is 9. The first-order valence-corrected chi connectivity index (χ1v) is 14.2. The van der Waals surface area contributed by atoms with Gasteiger partial charge in [-0.05, 0) is 40.8 Å². The molecule has 0 saturated carbocycles. The molecule has 10 heteroatoms. The number of carbonyl (C=O) groups excluding carboxylic acids is 3. The Hall–Kier alpha value is -5.25. The van der Waals surface area contributed by atoms with Crippen molar-refractivity contribution in [2.24, 2.45) is 0 Å². The molecule has 2 atom stereocenters. The number of anilines is 1. The van der Waals surface area contributed by atoms with Crippen molar-refractivity contribution < 1.29 is 19.3 Å². The second-order valence-corrected chi connectivity index (χ2v) is 10.7. The molecule has 1 saturated heterocycles. The van der Waals surface area contributed by atoms with E-state index in [0.717, 1.165) is 21.9 Å². The van der Waals surface area contributed by atoms with Gasteiger partial charge in [0, 0.05) is 32.6 Å². The molecule has 4 aromatic rings. The highest BCUT2D eigenvalue weighted by molar-refractivity contribution is 5.97. The molecule has 4 aromatic carbocycles. The number of nitro benzene ring substituents is 1. The molecule has 0 bridgehead atoms. The lowest BCUT2D eigenvalue weighted by Gasteiger charge is -2.28. The van der Waals surface area contributed by atoms with E-state index in [1.165, 1.54) is 23.1 Å². The van der Waals surface area contributed by atoms with Gasteiger partial charge in [-0.3, -0.25) is 19.7 Å². The number of nitrogens with one attached hydrogen (secondary N) is 2. The fourth-order valence-corrected chi connectivity index (χ4v) is 5.48. The summed E-state index contributed by atoms with van der Waals surface area (Å²) in [4.78, 5) is 54.5. The number of likely N-dealkylation sites (tertiary alicyclic amines) is 1. The van der Waals surface area contributed by atoms with Gasteiger partial charge >= 0.3 is 6.03 Å². The van der Waals surface area contributed by atoms with Gasteiger partial charge in [0.15, 0.2) is 0 Å². The average molecular weight is 580 g/mol. The van der Waals surface area contributed by atoms with Crippen LogP contribution in [0.4, 0.5) is 16.2 Å². The van der Waals surface area contributed by atoms with E-state index >= 15 is 0 Å². The maximum absolute atomic E-state index is 13.8. The predicted molar refractivity (Wildman–Crippen MR) is 164 cm³/mol. The largest absolute Gasteiger partial charge is 0.342 e. The Morgan fingerprint density at radius 3 is 2.40 bits per heavy atom. The Labute approximate surface area is 249 Å². The molecule has 4 amide bonds. The lowest BCUT2D eigenvalue weighted by molar-refractivity contribution is -0.383. The standard InChI is InChI=1S/C33H33N5O5/c1-36(22-23-10-3-2-4-11-23)32(40)28(21-24-17-18-25-12-5-6-13-26(25)20-24)34-31(39)30-16-9-19-37(30)33(41)35-27-14-7-8-15-29(27)38(42)43/h2-8,10-15,17-18,20,28,30H,9,16,19,21-22H2,1H3,(H,34,39)(H,35,41)/t28-,30+/m1/s1. The van der Waals surface area contributed by atoms with Gasteiger partial charge in [-0.15, -0.1) is 0 Å². The number of nitro groups is 1. The van der Waals surface area contributed by atoms with Crippen molar-refractivity contribution in [1.29, 1.82) is 0 Å². The number of nitrogens with zero attached hydrogens (tertiary/aromatic N) is 3. The molecule has 0 aliphatic carbocycles. The predicted octanol–water partition coefficient (Wildman–Crippen LogP) is 5.13. The van der Waals surface area contributed by atoms with Crippen LogP contribution in [0.1, 0.15) is 24.0 Å². The summed E-state index contributed by atoms with van der Waals surface area (Å²) in [5, 5.41) is 19.0. The highest BCUT2D eigenvalue weighted by atomic mass is 16.6. The van der Waals surface area contributed by atoms with Crippen molar-refractivity contribution >= 4 is 40.0 Å². The number of amides is 4. The molecular formula is C33H33N5O5. The molecule has 10 nitrogen and oxygen atoms in total. The molecule has 5 rings (SSSR count). The highest BCUT2D eigenvalue weighted by Gasteiger charge is 2.37. The zero-order chi connectivity index (χ0) is 30.3. The zero-order valence-electron chi connectivity index (χ0n) is 23.8. The molecule has 220 valence electrons. The van der Waals surface area contributed by atoms with Gasteiger partial charge in [0.25, 0.3) is 5.69 Å². The van der Waals surface area contributed by atoms with E-state index < -0.39 is 28.9 Å². The van der Waals surface area contributed by atoms with Gasteiger partial charge in [-0.25, -0.2) is 4.79 Å². The van der Waals surface area contributed by atoms with E-state index in [-0.39, 0.29) is 23.7 Å². The Bertz CT molecular complexity index is 1640. The van der Waals surface area contributed by atoms with E-state index in [9.17, 15) is 24.5 Å². The first kappa shape index (κ1) is 29.2. The van der Waals surface area contributed by atoms with Crippen LogP contribution in [0.5, 0.6) is 0 Å². The van der Waals surface area contributed by atoms with E-state index in [2.05, 4.69) is 10.6 Å². The fraction of sp³-hybridized carbons (Fsp3) is 0.242. The smallest absolute Gasteiger partial charge is 0.322 e. The molecule has 2 N–H and O–H groups in total. The number of hydrogen-bond donors (Lipinski definition) is 2. The molecule has 1 heterocycles. The van der Waals surface area contributed by atoms with Crippen molar-refractivity contribution in [3.63, 3.8) is 0 Å². The number of urea groups is 1. The van der Waals surface area contributed by atoms with Gasteiger partial charge in [0.2, 0.25) is 11.8 Å². The summed E-state index contributed by atoms with van der Waals surface area (Å²) >= 11 is 0. The van der Waals surface area contributed by atoms with Crippen molar-refractivity contribution in [3.05, 3.63) is 118 Å². The second-order valence-electron chi connectivity index (χ2n) is 10.7. The fourth-order valence-electron chi connectivity index (χ4n) is 5.48. The minimum Gasteiger partial charge on any atom is -0.342 e. The summed E-state index contributed by atoms with van der Waals surface area (Å²) in [6.45, 7) is 0.680.